The molecule has 0 aliphatic heterocycles. The van der Waals surface area contributed by atoms with Crippen LogP contribution in [-0.2, 0) is 28.6 Å². The number of aliphatic carboxylic acids is 1. The summed E-state index contributed by atoms with van der Waals surface area (Å²) in [4.78, 5) is 36.4. The average Bonchev–Trinajstić information content (AvgIpc) is 3.01. The zero-order valence-corrected chi connectivity index (χ0v) is 30.9. The first-order valence-electron chi connectivity index (χ1n) is 18.9. The lowest BCUT2D eigenvalue weighted by atomic mass is 10.1. The van der Waals surface area contributed by atoms with Gasteiger partial charge in [0, 0.05) is 19.3 Å². The third-order valence-corrected chi connectivity index (χ3v) is 8.32. The second-order valence-electron chi connectivity index (χ2n) is 13.8. The van der Waals surface area contributed by atoms with E-state index in [1.807, 2.05) is 6.08 Å². The van der Waals surface area contributed by atoms with E-state index in [9.17, 15) is 19.5 Å². The van der Waals surface area contributed by atoms with Crippen molar-refractivity contribution in [1.82, 2.24) is 0 Å². The summed E-state index contributed by atoms with van der Waals surface area (Å²) in [5.74, 6) is -1.82. The smallest absolute Gasteiger partial charge is 0.306 e. The van der Waals surface area contributed by atoms with Crippen LogP contribution in [0.4, 0.5) is 0 Å². The number of carbonyl (C=O) groups is 3. The SMILES string of the molecule is CCCCC/C=C/CCC(=O)OC(COCCC(C(=O)[O-])[N+](C)(C)C)COC(=O)CCCCCCC/C=C/CCCCCCCCC. The van der Waals surface area contributed by atoms with Gasteiger partial charge in [0.15, 0.2) is 6.10 Å². The maximum Gasteiger partial charge on any atom is 0.306 e. The molecule has 0 bridgehead atoms. The highest BCUT2D eigenvalue weighted by molar-refractivity contribution is 5.70. The molecule has 0 aromatic carbocycles. The fourth-order valence-electron chi connectivity index (χ4n) is 5.32. The highest BCUT2D eigenvalue weighted by Crippen LogP contribution is 2.12. The van der Waals surface area contributed by atoms with Gasteiger partial charge >= 0.3 is 11.9 Å². The fourth-order valence-corrected chi connectivity index (χ4v) is 5.32. The maximum atomic E-state index is 12.5. The topological polar surface area (TPSA) is 102 Å². The summed E-state index contributed by atoms with van der Waals surface area (Å²) in [7, 11) is 5.37. The quantitative estimate of drug-likeness (QED) is 0.0303. The standard InChI is InChI=1S/C39H71NO7/c1-6-8-10-12-14-15-16-17-18-19-20-21-22-24-25-27-29-37(41)46-34-35(33-45-32-31-36(39(43)44)40(3,4)5)47-38(42)30-28-26-23-13-11-9-7-2/h18-19,23,26,35-36H,6-17,20-22,24-25,27-34H2,1-5H3/b19-18+,26-23+. The van der Waals surface area contributed by atoms with Crippen molar-refractivity contribution in [2.45, 2.75) is 167 Å². The molecule has 0 radical (unpaired) electrons. The van der Waals surface area contributed by atoms with Crippen LogP contribution in [0.2, 0.25) is 0 Å². The molecular formula is C39H71NO7. The first kappa shape index (κ1) is 44.8. The van der Waals surface area contributed by atoms with E-state index >= 15 is 0 Å². The molecule has 0 fully saturated rings. The van der Waals surface area contributed by atoms with Crippen LogP contribution < -0.4 is 5.11 Å². The van der Waals surface area contributed by atoms with E-state index in [1.54, 1.807) is 21.1 Å². The van der Waals surface area contributed by atoms with Crippen molar-refractivity contribution in [1.29, 1.82) is 0 Å². The number of rotatable bonds is 33. The van der Waals surface area contributed by atoms with Crippen molar-refractivity contribution in [2.24, 2.45) is 0 Å². The summed E-state index contributed by atoms with van der Waals surface area (Å²) >= 11 is 0. The van der Waals surface area contributed by atoms with Gasteiger partial charge in [-0.1, -0.05) is 109 Å². The molecule has 2 unspecified atom stereocenters. The predicted octanol–water partition coefficient (Wildman–Crippen LogP) is 8.02. The van der Waals surface area contributed by atoms with Gasteiger partial charge in [0.25, 0.3) is 0 Å². The minimum Gasteiger partial charge on any atom is -0.544 e. The number of hydrogen-bond donors (Lipinski definition) is 0. The molecule has 0 saturated heterocycles. The molecule has 0 aromatic heterocycles. The summed E-state index contributed by atoms with van der Waals surface area (Å²) in [6.07, 6.45) is 30.9. The molecule has 2 atom stereocenters. The number of carboxylic acid groups (broad SMARTS) is 1. The molecule has 0 saturated carbocycles. The van der Waals surface area contributed by atoms with Gasteiger partial charge in [-0.3, -0.25) is 9.59 Å². The van der Waals surface area contributed by atoms with Gasteiger partial charge in [-0.05, 0) is 51.4 Å². The molecule has 0 aromatic rings. The van der Waals surface area contributed by atoms with E-state index in [2.05, 4.69) is 32.1 Å². The fraction of sp³-hybridized carbons (Fsp3) is 0.821. The molecule has 0 spiro atoms. The van der Waals surface area contributed by atoms with E-state index in [4.69, 9.17) is 14.2 Å². The Morgan fingerprint density at radius 1 is 0.617 bits per heavy atom. The molecule has 0 aliphatic carbocycles. The monoisotopic (exact) mass is 666 g/mol. The third kappa shape index (κ3) is 29.7. The zero-order valence-electron chi connectivity index (χ0n) is 30.9. The summed E-state index contributed by atoms with van der Waals surface area (Å²) in [5.41, 5.74) is 0. The number of carbonyl (C=O) groups excluding carboxylic acids is 3. The number of nitrogens with zero attached hydrogens (tertiary/aromatic N) is 1. The van der Waals surface area contributed by atoms with Gasteiger partial charge in [0.2, 0.25) is 0 Å². The molecule has 47 heavy (non-hydrogen) atoms. The van der Waals surface area contributed by atoms with Crippen LogP contribution in [0.3, 0.4) is 0 Å². The van der Waals surface area contributed by atoms with E-state index < -0.39 is 18.1 Å². The molecule has 0 N–H and O–H groups in total. The Balaban J connectivity index is 4.35. The first-order chi connectivity index (χ1) is 22.6. The Morgan fingerprint density at radius 2 is 1.11 bits per heavy atom. The highest BCUT2D eigenvalue weighted by Gasteiger charge is 2.25. The van der Waals surface area contributed by atoms with Crippen LogP contribution >= 0.6 is 0 Å². The van der Waals surface area contributed by atoms with Crippen molar-refractivity contribution < 1.29 is 38.2 Å². The largest absolute Gasteiger partial charge is 0.544 e. The number of carboxylic acids is 1. The number of hydrogen-bond acceptors (Lipinski definition) is 7. The van der Waals surface area contributed by atoms with Crippen LogP contribution in [0.5, 0.6) is 0 Å². The molecule has 0 heterocycles. The number of ether oxygens (including phenoxy) is 3. The number of allylic oxidation sites excluding steroid dienone is 4. The lowest BCUT2D eigenvalue weighted by molar-refractivity contribution is -0.889. The summed E-state index contributed by atoms with van der Waals surface area (Å²) in [6.45, 7) is 4.53. The first-order valence-corrected chi connectivity index (χ1v) is 18.9. The van der Waals surface area contributed by atoms with E-state index in [0.717, 1.165) is 44.9 Å². The Kier molecular flexibility index (Phi) is 29.7. The Bertz CT molecular complexity index is 834. The lowest BCUT2D eigenvalue weighted by Crippen LogP contribution is -2.55. The number of quaternary nitrogens is 1. The Hall–Kier alpha value is -2.19. The van der Waals surface area contributed by atoms with Crippen molar-refractivity contribution >= 4 is 17.9 Å². The van der Waals surface area contributed by atoms with Gasteiger partial charge < -0.3 is 28.6 Å². The number of esters is 2. The van der Waals surface area contributed by atoms with Gasteiger partial charge in [0.1, 0.15) is 12.6 Å². The highest BCUT2D eigenvalue weighted by atomic mass is 16.6. The van der Waals surface area contributed by atoms with Crippen molar-refractivity contribution in [3.05, 3.63) is 24.3 Å². The van der Waals surface area contributed by atoms with Crippen molar-refractivity contribution in [3.8, 4) is 0 Å². The second kappa shape index (κ2) is 31.1. The molecule has 0 aliphatic rings. The van der Waals surface area contributed by atoms with Gasteiger partial charge in [-0.25, -0.2) is 0 Å². The molecule has 8 heteroatoms. The van der Waals surface area contributed by atoms with Crippen molar-refractivity contribution in [3.63, 3.8) is 0 Å². The summed E-state index contributed by atoms with van der Waals surface area (Å²) in [6, 6.07) is -0.728. The van der Waals surface area contributed by atoms with Crippen LogP contribution in [0, 0.1) is 0 Å². The van der Waals surface area contributed by atoms with E-state index in [1.165, 1.54) is 70.6 Å². The van der Waals surface area contributed by atoms with Crippen LogP contribution in [0.1, 0.15) is 155 Å². The average molecular weight is 666 g/mol. The lowest BCUT2D eigenvalue weighted by Gasteiger charge is -2.34. The summed E-state index contributed by atoms with van der Waals surface area (Å²) < 4.78 is 16.9. The maximum absolute atomic E-state index is 12.5. The predicted molar refractivity (Wildman–Crippen MR) is 190 cm³/mol. The van der Waals surface area contributed by atoms with Crippen molar-refractivity contribution in [2.75, 3.05) is 41.0 Å². The van der Waals surface area contributed by atoms with Gasteiger partial charge in [0.05, 0.1) is 40.3 Å². The number of likely N-dealkylation sites (N-methyl/N-ethyl adjacent to an activating group) is 1. The van der Waals surface area contributed by atoms with Crippen LogP contribution in [0.15, 0.2) is 24.3 Å². The zero-order chi connectivity index (χ0) is 35.0. The third-order valence-electron chi connectivity index (χ3n) is 8.32. The Labute approximate surface area is 288 Å². The minimum atomic E-state index is -1.13. The molecule has 8 nitrogen and oxygen atoms in total. The molecule has 274 valence electrons. The second-order valence-corrected chi connectivity index (χ2v) is 13.8. The minimum absolute atomic E-state index is 0.0241. The Morgan fingerprint density at radius 3 is 1.66 bits per heavy atom. The van der Waals surface area contributed by atoms with Crippen LogP contribution in [-0.4, -0.2) is 75.5 Å². The molecule has 0 rings (SSSR count). The molecular weight excluding hydrogens is 594 g/mol. The van der Waals surface area contributed by atoms with Gasteiger partial charge in [-0.2, -0.15) is 0 Å². The molecule has 0 amide bonds. The van der Waals surface area contributed by atoms with Gasteiger partial charge in [-0.15, -0.1) is 0 Å². The van der Waals surface area contributed by atoms with E-state index in [-0.39, 0.29) is 49.1 Å². The number of unbranched alkanes of at least 4 members (excludes halogenated alkanes) is 15. The summed E-state index contributed by atoms with van der Waals surface area (Å²) in [5, 5.41) is 11.5. The normalized spacial score (nSPS) is 13.3. The van der Waals surface area contributed by atoms with E-state index in [0.29, 0.717) is 12.8 Å². The van der Waals surface area contributed by atoms with Crippen LogP contribution in [0.25, 0.3) is 0 Å².